The summed E-state index contributed by atoms with van der Waals surface area (Å²) < 4.78 is 0. The van der Waals surface area contributed by atoms with Gasteiger partial charge in [0.2, 0.25) is 5.91 Å². The van der Waals surface area contributed by atoms with E-state index in [1.165, 1.54) is 5.56 Å². The second-order valence-electron chi connectivity index (χ2n) is 11.3. The number of para-hydroxylation sites is 1. The molecule has 1 unspecified atom stereocenters. The zero-order chi connectivity index (χ0) is 25.2. The molecule has 4 atom stereocenters. The van der Waals surface area contributed by atoms with Crippen LogP contribution in [-0.2, 0) is 4.79 Å². The molecule has 2 heterocycles. The third kappa shape index (κ3) is 4.72. The summed E-state index contributed by atoms with van der Waals surface area (Å²) >= 11 is 0. The number of nitrogens with zero attached hydrogens (tertiary/aromatic N) is 1. The third-order valence-corrected chi connectivity index (χ3v) is 9.02. The maximum absolute atomic E-state index is 14.1. The molecule has 0 bridgehead atoms. The smallest absolute Gasteiger partial charge is 0.251 e. The highest BCUT2D eigenvalue weighted by atomic mass is 16.2. The van der Waals surface area contributed by atoms with Crippen LogP contribution in [0, 0.1) is 11.8 Å². The van der Waals surface area contributed by atoms with Crippen molar-refractivity contribution in [3.05, 3.63) is 90.0 Å². The fourth-order valence-corrected chi connectivity index (χ4v) is 7.20. The number of hydrogen-bond acceptors (Lipinski definition) is 3. The minimum atomic E-state index is -0.469. The van der Waals surface area contributed by atoms with Gasteiger partial charge in [-0.2, -0.15) is 0 Å². The standard InChI is InChI=1S/C32H37N3O2/c36-28(22-32(19-10-3-11-20-32)34-31(37)24-14-6-2-7-15-24)35-21-18-26-29(23-12-4-1-5-13-23)33-27-17-9-8-16-25(27)30(26)35/h1-2,4-9,12,14-17,23,26,29-30,33H,3,10-11,13,18-22H2,(H,34,37)/t23?,26-,29+,30+/m1/s1. The predicted octanol–water partition coefficient (Wildman–Crippen LogP) is 6.03. The number of likely N-dealkylation sites (tertiary alicyclic amines) is 1. The van der Waals surface area contributed by atoms with E-state index in [1.807, 2.05) is 30.3 Å². The number of allylic oxidation sites excluding steroid dienone is 3. The minimum absolute atomic E-state index is 0.0704. The molecule has 1 saturated heterocycles. The zero-order valence-corrected chi connectivity index (χ0v) is 21.4. The fraction of sp³-hybridized carbons (Fsp3) is 0.438. The van der Waals surface area contributed by atoms with Gasteiger partial charge in [0.05, 0.1) is 6.04 Å². The zero-order valence-electron chi connectivity index (χ0n) is 21.4. The molecule has 2 aliphatic carbocycles. The molecule has 1 saturated carbocycles. The monoisotopic (exact) mass is 495 g/mol. The highest BCUT2D eigenvalue weighted by molar-refractivity contribution is 5.95. The van der Waals surface area contributed by atoms with Gasteiger partial charge in [0, 0.05) is 47.6 Å². The second-order valence-corrected chi connectivity index (χ2v) is 11.3. The third-order valence-electron chi connectivity index (χ3n) is 9.02. The van der Waals surface area contributed by atoms with E-state index in [1.54, 1.807) is 0 Å². The van der Waals surface area contributed by atoms with Crippen molar-refractivity contribution >= 4 is 17.5 Å². The first kappa shape index (κ1) is 24.0. The molecular formula is C32H37N3O2. The minimum Gasteiger partial charge on any atom is -0.381 e. The van der Waals surface area contributed by atoms with Crippen LogP contribution in [0.2, 0.25) is 0 Å². The Kier molecular flexibility index (Phi) is 6.62. The lowest BCUT2D eigenvalue weighted by Gasteiger charge is -2.44. The van der Waals surface area contributed by atoms with E-state index in [0.717, 1.165) is 57.2 Å². The second kappa shape index (κ2) is 10.2. The summed E-state index contributed by atoms with van der Waals surface area (Å²) in [6.45, 7) is 0.773. The molecule has 4 aliphatic rings. The Morgan fingerprint density at radius 2 is 1.76 bits per heavy atom. The molecule has 2 aromatic carbocycles. The van der Waals surface area contributed by atoms with Crippen molar-refractivity contribution < 1.29 is 9.59 Å². The summed E-state index contributed by atoms with van der Waals surface area (Å²) in [7, 11) is 0. The number of carbonyl (C=O) groups excluding carboxylic acids is 2. The Bertz CT molecular complexity index is 1200. The highest BCUT2D eigenvalue weighted by Gasteiger charge is 2.48. The van der Waals surface area contributed by atoms with Crippen LogP contribution in [0.1, 0.15) is 73.3 Å². The molecule has 2 fully saturated rings. The largest absolute Gasteiger partial charge is 0.381 e. The van der Waals surface area contributed by atoms with E-state index in [4.69, 9.17) is 0 Å². The Balaban J connectivity index is 1.26. The maximum atomic E-state index is 14.1. The van der Waals surface area contributed by atoms with Gasteiger partial charge in [0.15, 0.2) is 0 Å². The first-order valence-electron chi connectivity index (χ1n) is 14.0. The SMILES string of the molecule is O=C(NC1(CC(=O)N2CC[C@@H]3[C@H](C4C=CC=CC4)Nc4ccccc4[C@@H]32)CCCCC1)c1ccccc1. The molecule has 192 valence electrons. The van der Waals surface area contributed by atoms with Gasteiger partial charge in [0.1, 0.15) is 0 Å². The summed E-state index contributed by atoms with van der Waals surface area (Å²) in [5.74, 6) is 0.910. The van der Waals surface area contributed by atoms with Crippen molar-refractivity contribution in [2.45, 2.75) is 69.0 Å². The van der Waals surface area contributed by atoms with Crippen LogP contribution in [-0.4, -0.2) is 34.8 Å². The lowest BCUT2D eigenvalue weighted by atomic mass is 9.75. The van der Waals surface area contributed by atoms with Gasteiger partial charge in [-0.1, -0.05) is 80.0 Å². The summed E-state index contributed by atoms with van der Waals surface area (Å²) in [5.41, 5.74) is 2.58. The molecule has 37 heavy (non-hydrogen) atoms. The van der Waals surface area contributed by atoms with E-state index in [2.05, 4.69) is 64.1 Å². The van der Waals surface area contributed by atoms with Crippen LogP contribution in [0.4, 0.5) is 5.69 Å². The molecule has 2 amide bonds. The number of fused-ring (bicyclic) bond motifs is 3. The van der Waals surface area contributed by atoms with Gasteiger partial charge in [-0.15, -0.1) is 0 Å². The molecule has 0 aromatic heterocycles. The van der Waals surface area contributed by atoms with Crippen LogP contribution in [0.5, 0.6) is 0 Å². The number of anilines is 1. The molecule has 5 heteroatoms. The van der Waals surface area contributed by atoms with E-state index in [-0.39, 0.29) is 17.9 Å². The lowest BCUT2D eigenvalue weighted by molar-refractivity contribution is -0.134. The Morgan fingerprint density at radius 1 is 0.973 bits per heavy atom. The quantitative estimate of drug-likeness (QED) is 0.533. The Morgan fingerprint density at radius 3 is 2.54 bits per heavy atom. The number of benzene rings is 2. The Labute approximate surface area is 220 Å². The maximum Gasteiger partial charge on any atom is 0.251 e. The van der Waals surface area contributed by atoms with Crippen LogP contribution >= 0.6 is 0 Å². The van der Waals surface area contributed by atoms with Crippen LogP contribution < -0.4 is 10.6 Å². The predicted molar refractivity (Wildman–Crippen MR) is 147 cm³/mol. The van der Waals surface area contributed by atoms with Crippen molar-refractivity contribution in [2.24, 2.45) is 11.8 Å². The average Bonchev–Trinajstić information content (AvgIpc) is 3.40. The number of amides is 2. The van der Waals surface area contributed by atoms with Crippen molar-refractivity contribution in [1.29, 1.82) is 0 Å². The topological polar surface area (TPSA) is 61.4 Å². The molecule has 0 spiro atoms. The number of carbonyl (C=O) groups is 2. The number of nitrogens with one attached hydrogen (secondary N) is 2. The molecule has 2 aliphatic heterocycles. The van der Waals surface area contributed by atoms with Gasteiger partial charge in [0.25, 0.3) is 5.91 Å². The first-order valence-corrected chi connectivity index (χ1v) is 14.0. The van der Waals surface area contributed by atoms with Crippen LogP contribution in [0.25, 0.3) is 0 Å². The van der Waals surface area contributed by atoms with Gasteiger partial charge in [-0.25, -0.2) is 0 Å². The van der Waals surface area contributed by atoms with Crippen molar-refractivity contribution in [1.82, 2.24) is 10.2 Å². The van der Waals surface area contributed by atoms with Gasteiger partial charge in [-0.3, -0.25) is 9.59 Å². The summed E-state index contributed by atoms with van der Waals surface area (Å²) in [4.78, 5) is 29.4. The van der Waals surface area contributed by atoms with E-state index >= 15 is 0 Å². The van der Waals surface area contributed by atoms with Crippen molar-refractivity contribution in [3.63, 3.8) is 0 Å². The van der Waals surface area contributed by atoms with Gasteiger partial charge >= 0.3 is 0 Å². The first-order chi connectivity index (χ1) is 18.1. The van der Waals surface area contributed by atoms with Gasteiger partial charge in [-0.05, 0) is 49.4 Å². The van der Waals surface area contributed by atoms with Gasteiger partial charge < -0.3 is 15.5 Å². The van der Waals surface area contributed by atoms with Crippen LogP contribution in [0.3, 0.4) is 0 Å². The molecule has 2 N–H and O–H groups in total. The van der Waals surface area contributed by atoms with Crippen molar-refractivity contribution in [2.75, 3.05) is 11.9 Å². The summed E-state index contributed by atoms with van der Waals surface area (Å²) in [5, 5.41) is 7.19. The normalized spacial score (nSPS) is 27.6. The Hall–Kier alpha value is -3.34. The molecule has 0 radical (unpaired) electrons. The molecule has 6 rings (SSSR count). The molecular weight excluding hydrogens is 458 g/mol. The number of hydrogen-bond donors (Lipinski definition) is 2. The fourth-order valence-electron chi connectivity index (χ4n) is 7.20. The molecule has 5 nitrogen and oxygen atoms in total. The highest BCUT2D eigenvalue weighted by Crippen LogP contribution is 2.49. The van der Waals surface area contributed by atoms with Crippen molar-refractivity contribution in [3.8, 4) is 0 Å². The summed E-state index contributed by atoms with van der Waals surface area (Å²) in [6.07, 6.45) is 16.2. The van der Waals surface area contributed by atoms with E-state index in [0.29, 0.717) is 29.9 Å². The van der Waals surface area contributed by atoms with Crippen LogP contribution in [0.15, 0.2) is 78.9 Å². The average molecular weight is 496 g/mol. The molecule has 2 aromatic rings. The van der Waals surface area contributed by atoms with E-state index < -0.39 is 5.54 Å². The summed E-state index contributed by atoms with van der Waals surface area (Å²) in [6, 6.07) is 18.3. The number of rotatable bonds is 5. The van der Waals surface area contributed by atoms with E-state index in [9.17, 15) is 9.59 Å². The lowest BCUT2D eigenvalue weighted by Crippen LogP contribution is -2.53.